The monoisotopic (exact) mass is 946 g/mol. The molecule has 0 amide bonds. The van der Waals surface area contributed by atoms with Crippen LogP contribution in [-0.4, -0.2) is 0 Å². The average molecular weight is 947 g/mol. The Morgan fingerprint density at radius 3 is 0.797 bits per heavy atom. The topological polar surface area (TPSA) is 59.0 Å². The highest BCUT2D eigenvalue weighted by atomic mass is 16.3. The molecule has 0 unspecified atom stereocenters. The molecule has 0 spiro atoms. The van der Waals surface area contributed by atoms with Crippen LogP contribution in [0.4, 0.5) is 34.1 Å². The minimum atomic E-state index is 0.823. The first-order chi connectivity index (χ1) is 36.7. The molecule has 0 saturated heterocycles. The van der Waals surface area contributed by atoms with E-state index in [4.69, 9.17) is 17.7 Å². The van der Waals surface area contributed by atoms with Gasteiger partial charge in [-0.1, -0.05) is 133 Å². The van der Waals surface area contributed by atoms with Gasteiger partial charge in [0.2, 0.25) is 0 Å². The molecule has 0 radical (unpaired) electrons. The van der Waals surface area contributed by atoms with Crippen molar-refractivity contribution in [3.63, 3.8) is 0 Å². The maximum atomic E-state index is 6.72. The summed E-state index contributed by atoms with van der Waals surface area (Å²) >= 11 is 0. The van der Waals surface area contributed by atoms with Crippen LogP contribution in [0.15, 0.2) is 248 Å². The summed E-state index contributed by atoms with van der Waals surface area (Å²) in [6.07, 6.45) is 0. The van der Waals surface area contributed by atoms with E-state index in [1.165, 1.54) is 33.0 Å². The lowest BCUT2D eigenvalue weighted by Gasteiger charge is -2.28. The highest BCUT2D eigenvalue weighted by Crippen LogP contribution is 2.53. The van der Waals surface area contributed by atoms with E-state index < -0.39 is 0 Å². The molecule has 0 bridgehead atoms. The normalized spacial score (nSPS) is 12.3. The van der Waals surface area contributed by atoms with E-state index in [9.17, 15) is 0 Å². The molecule has 16 aromatic rings. The Morgan fingerprint density at radius 1 is 0.216 bits per heavy atom. The Bertz CT molecular complexity index is 4510. The zero-order chi connectivity index (χ0) is 48.2. The van der Waals surface area contributed by atoms with Crippen molar-refractivity contribution < 1.29 is 17.7 Å². The van der Waals surface area contributed by atoms with Gasteiger partial charge in [-0.25, -0.2) is 0 Å². The van der Waals surface area contributed by atoms with Crippen molar-refractivity contribution in [3.05, 3.63) is 231 Å². The highest BCUT2D eigenvalue weighted by molar-refractivity contribution is 6.18. The molecule has 0 fully saturated rings. The van der Waals surface area contributed by atoms with Gasteiger partial charge in [0.05, 0.1) is 22.7 Å². The fourth-order valence-electron chi connectivity index (χ4n) is 12.1. The minimum Gasteiger partial charge on any atom is -0.454 e. The third-order valence-electron chi connectivity index (χ3n) is 15.5. The van der Waals surface area contributed by atoms with Crippen LogP contribution in [0, 0.1) is 0 Å². The van der Waals surface area contributed by atoms with Gasteiger partial charge in [0.1, 0.15) is 22.3 Å². The number of hydrogen-bond donors (Lipinski definition) is 0. The molecule has 1 aliphatic rings. The molecule has 4 aromatic heterocycles. The molecule has 74 heavy (non-hydrogen) atoms. The predicted molar refractivity (Wildman–Crippen MR) is 304 cm³/mol. The minimum absolute atomic E-state index is 0.823. The average Bonchev–Trinajstić information content (AvgIpc) is 4.24. The maximum Gasteiger partial charge on any atom is 0.159 e. The van der Waals surface area contributed by atoms with Gasteiger partial charge in [0.15, 0.2) is 22.3 Å². The molecule has 0 N–H and O–H groups in total. The molecule has 4 heterocycles. The molecule has 0 saturated carbocycles. The van der Waals surface area contributed by atoms with Gasteiger partial charge < -0.3 is 27.5 Å². The number of benzene rings is 12. The number of furan rings is 4. The lowest BCUT2D eigenvalue weighted by atomic mass is 9.78. The van der Waals surface area contributed by atoms with Crippen LogP contribution in [0.25, 0.3) is 132 Å². The molecule has 6 heteroatoms. The summed E-state index contributed by atoms with van der Waals surface area (Å²) in [4.78, 5) is 4.61. The van der Waals surface area contributed by atoms with Crippen molar-refractivity contribution in [3.8, 4) is 22.3 Å². The molecule has 12 aromatic carbocycles. The van der Waals surface area contributed by atoms with Crippen molar-refractivity contribution in [2.24, 2.45) is 0 Å². The Hall–Kier alpha value is -10.0. The largest absolute Gasteiger partial charge is 0.454 e. The number of hydrogen-bond acceptors (Lipinski definition) is 6. The number of anilines is 6. The van der Waals surface area contributed by atoms with E-state index in [1.807, 2.05) is 48.5 Å². The van der Waals surface area contributed by atoms with Crippen LogP contribution in [0.3, 0.4) is 0 Å². The van der Waals surface area contributed by atoms with Crippen molar-refractivity contribution >= 4 is 143 Å². The van der Waals surface area contributed by atoms with Gasteiger partial charge in [0.25, 0.3) is 0 Å². The Morgan fingerprint density at radius 2 is 0.486 bits per heavy atom. The zero-order valence-electron chi connectivity index (χ0n) is 39.5. The molecule has 17 rings (SSSR count). The van der Waals surface area contributed by atoms with E-state index in [2.05, 4.69) is 192 Å². The van der Waals surface area contributed by atoms with Crippen molar-refractivity contribution in [2.75, 3.05) is 9.80 Å². The van der Waals surface area contributed by atoms with E-state index in [-0.39, 0.29) is 0 Å². The van der Waals surface area contributed by atoms with Crippen molar-refractivity contribution in [2.45, 2.75) is 0 Å². The van der Waals surface area contributed by atoms with Gasteiger partial charge in [-0.2, -0.15) is 0 Å². The summed E-state index contributed by atoms with van der Waals surface area (Å²) in [5, 5.41) is 13.3. The summed E-state index contributed by atoms with van der Waals surface area (Å²) in [5.41, 5.74) is 17.5. The number of para-hydroxylation sites is 8. The summed E-state index contributed by atoms with van der Waals surface area (Å²) in [6.45, 7) is 0. The predicted octanol–water partition coefficient (Wildman–Crippen LogP) is 20.2. The first kappa shape index (κ1) is 39.7. The van der Waals surface area contributed by atoms with E-state index in [0.717, 1.165) is 133 Å². The fraction of sp³-hybridized carbons (Fsp3) is 0. The van der Waals surface area contributed by atoms with Gasteiger partial charge in [-0.05, 0) is 141 Å². The molecule has 6 nitrogen and oxygen atoms in total. The second kappa shape index (κ2) is 14.8. The van der Waals surface area contributed by atoms with Crippen LogP contribution in [-0.2, 0) is 0 Å². The molecule has 0 atom stereocenters. The smallest absolute Gasteiger partial charge is 0.159 e. The lowest BCUT2D eigenvalue weighted by molar-refractivity contribution is 0.665. The van der Waals surface area contributed by atoms with Crippen LogP contribution in [0.1, 0.15) is 0 Å². The summed E-state index contributed by atoms with van der Waals surface area (Å²) in [7, 11) is 0. The first-order valence-corrected chi connectivity index (χ1v) is 25.0. The van der Waals surface area contributed by atoms with E-state index >= 15 is 0 Å². The van der Waals surface area contributed by atoms with E-state index in [1.54, 1.807) is 0 Å². The van der Waals surface area contributed by atoms with Gasteiger partial charge >= 0.3 is 0 Å². The molecule has 0 aliphatic heterocycles. The summed E-state index contributed by atoms with van der Waals surface area (Å²) in [6, 6.07) is 81.8. The third kappa shape index (κ3) is 5.53. The summed E-state index contributed by atoms with van der Waals surface area (Å²) in [5.74, 6) is 0. The number of nitrogens with zero attached hydrogens (tertiary/aromatic N) is 2. The van der Waals surface area contributed by atoms with E-state index in [0.29, 0.717) is 0 Å². The number of fused-ring (bicyclic) bond motifs is 18. The second-order valence-corrected chi connectivity index (χ2v) is 19.5. The SMILES string of the molecule is c1ccc2c(c1)oc1c(N(c3ccc4cc5c(cc4c3)-c3cc4ccc(N(c6cccc7c6oc6ccccc67)c6cccc7c6oc6ccccc67)cc4cc3-5)c3cccc4c3oc3ccccc34)cccc12. The van der Waals surface area contributed by atoms with Gasteiger partial charge in [-0.15, -0.1) is 0 Å². The lowest BCUT2D eigenvalue weighted by Crippen LogP contribution is -2.11. The van der Waals surface area contributed by atoms with Crippen LogP contribution >= 0.6 is 0 Å². The van der Waals surface area contributed by atoms with Crippen molar-refractivity contribution in [1.82, 2.24) is 0 Å². The molecule has 344 valence electrons. The zero-order valence-corrected chi connectivity index (χ0v) is 39.5. The standard InChI is InChI=1S/C68H38N2O4/c1-5-25-61-45(13-1)49-17-9-21-57(65(49)71-61)69(58-22-10-18-50-46-14-2-6-26-62(46)72-66(50)58)43-31-29-39-35-53-55(37-41(39)33-43)54-36-40-30-32-44(34-42(40)38-56(53)54)70(59-23-11-19-51-47-15-3-7-27-63(47)73-67(51)59)60-24-12-20-52-48-16-4-8-28-64(48)74-68(52)60/h1-38H. The van der Waals surface area contributed by atoms with Gasteiger partial charge in [-0.3, -0.25) is 0 Å². The van der Waals surface area contributed by atoms with Gasteiger partial charge in [0, 0.05) is 54.5 Å². The molecular weight excluding hydrogens is 909 g/mol. The Kier molecular flexibility index (Phi) is 7.91. The van der Waals surface area contributed by atoms with Crippen LogP contribution in [0.5, 0.6) is 0 Å². The van der Waals surface area contributed by atoms with Crippen LogP contribution < -0.4 is 9.80 Å². The molecule has 1 aliphatic carbocycles. The third-order valence-corrected chi connectivity index (χ3v) is 15.5. The van der Waals surface area contributed by atoms with Crippen molar-refractivity contribution in [1.29, 1.82) is 0 Å². The molecular formula is C68H38N2O4. The van der Waals surface area contributed by atoms with Crippen LogP contribution in [0.2, 0.25) is 0 Å². The first-order valence-electron chi connectivity index (χ1n) is 25.0. The fourth-order valence-corrected chi connectivity index (χ4v) is 12.1. The highest BCUT2D eigenvalue weighted by Gasteiger charge is 2.28. The Balaban J connectivity index is 0.812. The number of rotatable bonds is 6. The quantitative estimate of drug-likeness (QED) is 0.166. The maximum absolute atomic E-state index is 6.72. The summed E-state index contributed by atoms with van der Waals surface area (Å²) < 4.78 is 26.9. The second-order valence-electron chi connectivity index (χ2n) is 19.5. The Labute approximate surface area is 421 Å².